The molecule has 3 nitrogen and oxygen atoms in total. The van der Waals surface area contributed by atoms with Crippen LogP contribution < -0.4 is 0 Å². The van der Waals surface area contributed by atoms with E-state index in [1.54, 1.807) is 0 Å². The largest absolute Gasteiger partial charge is 0.369 e. The molecule has 1 aromatic carbocycles. The van der Waals surface area contributed by atoms with Crippen molar-refractivity contribution in [3.05, 3.63) is 47.3 Å². The molecule has 1 saturated heterocycles. The number of nitrogens with zero attached hydrogens (tertiary/aromatic N) is 2. The highest BCUT2D eigenvalue weighted by atomic mass is 16.5. The van der Waals surface area contributed by atoms with Crippen molar-refractivity contribution in [1.82, 2.24) is 4.90 Å². The Morgan fingerprint density at radius 2 is 2.18 bits per heavy atom. The average molecular weight is 230 g/mol. The molecule has 1 heterocycles. The lowest BCUT2D eigenvalue weighted by Gasteiger charge is -2.21. The molecular formula is C14H18N2O. The fourth-order valence-electron chi connectivity index (χ4n) is 2.17. The molecule has 1 aliphatic heterocycles. The van der Waals surface area contributed by atoms with E-state index >= 15 is 0 Å². The van der Waals surface area contributed by atoms with Crippen LogP contribution in [0.15, 0.2) is 30.3 Å². The topological polar surface area (TPSA) is 16.8 Å². The smallest absolute Gasteiger partial charge is 0.241 e. The molecule has 0 aliphatic carbocycles. The Kier molecular flexibility index (Phi) is 4.54. The van der Waals surface area contributed by atoms with E-state index in [4.69, 9.17) is 11.3 Å². The van der Waals surface area contributed by atoms with Gasteiger partial charge in [0, 0.05) is 26.2 Å². The maximum absolute atomic E-state index is 6.92. The molecule has 1 atom stereocenters. The maximum atomic E-state index is 6.92. The predicted molar refractivity (Wildman–Crippen MR) is 67.5 cm³/mol. The van der Waals surface area contributed by atoms with E-state index in [0.717, 1.165) is 32.7 Å². The Balaban J connectivity index is 1.93. The summed E-state index contributed by atoms with van der Waals surface area (Å²) >= 11 is 0. The summed E-state index contributed by atoms with van der Waals surface area (Å²) in [5.41, 5.74) is 1.33. The molecule has 0 aromatic heterocycles. The minimum atomic E-state index is 0.0821. The second-order valence-corrected chi connectivity index (χ2v) is 4.41. The van der Waals surface area contributed by atoms with Gasteiger partial charge in [-0.2, -0.15) is 0 Å². The number of ether oxygens (including phenoxy) is 1. The van der Waals surface area contributed by atoms with Gasteiger partial charge in [0.2, 0.25) is 6.54 Å². The molecule has 1 aliphatic rings. The van der Waals surface area contributed by atoms with Crippen LogP contribution >= 0.6 is 0 Å². The van der Waals surface area contributed by atoms with E-state index in [0.29, 0.717) is 6.54 Å². The Hall–Kier alpha value is -1.37. The number of benzene rings is 1. The van der Waals surface area contributed by atoms with Gasteiger partial charge in [0.05, 0.1) is 0 Å². The van der Waals surface area contributed by atoms with E-state index in [2.05, 4.69) is 34.0 Å². The van der Waals surface area contributed by atoms with Crippen LogP contribution in [0, 0.1) is 6.57 Å². The van der Waals surface area contributed by atoms with Crippen molar-refractivity contribution in [3.63, 3.8) is 0 Å². The minimum Gasteiger partial charge on any atom is -0.369 e. The first-order chi connectivity index (χ1) is 8.38. The van der Waals surface area contributed by atoms with Crippen LogP contribution in [-0.2, 0) is 11.3 Å². The average Bonchev–Trinajstić information content (AvgIpc) is 2.56. The first-order valence-corrected chi connectivity index (χ1v) is 6.09. The van der Waals surface area contributed by atoms with Crippen molar-refractivity contribution in [2.24, 2.45) is 0 Å². The first kappa shape index (κ1) is 12.1. The summed E-state index contributed by atoms with van der Waals surface area (Å²) in [6.45, 7) is 11.1. The van der Waals surface area contributed by atoms with Crippen LogP contribution in [0.4, 0.5) is 0 Å². The SMILES string of the molecule is [C-]#[N+]CC1CN(Cc2ccccc2)CCCO1. The van der Waals surface area contributed by atoms with Gasteiger partial charge >= 0.3 is 0 Å². The molecule has 2 rings (SSSR count). The second kappa shape index (κ2) is 6.39. The molecule has 3 heteroatoms. The van der Waals surface area contributed by atoms with Gasteiger partial charge in [-0.3, -0.25) is 4.90 Å². The zero-order valence-corrected chi connectivity index (χ0v) is 10.0. The number of rotatable bonds is 3. The van der Waals surface area contributed by atoms with Crippen molar-refractivity contribution in [1.29, 1.82) is 0 Å². The van der Waals surface area contributed by atoms with Gasteiger partial charge in [-0.05, 0) is 12.0 Å². The molecule has 0 saturated carbocycles. The first-order valence-electron chi connectivity index (χ1n) is 6.09. The molecule has 0 spiro atoms. The zero-order valence-electron chi connectivity index (χ0n) is 10.0. The van der Waals surface area contributed by atoms with Gasteiger partial charge < -0.3 is 9.58 Å². The summed E-state index contributed by atoms with van der Waals surface area (Å²) in [6.07, 6.45) is 1.14. The minimum absolute atomic E-state index is 0.0821. The van der Waals surface area contributed by atoms with E-state index in [9.17, 15) is 0 Å². The summed E-state index contributed by atoms with van der Waals surface area (Å²) in [5, 5.41) is 0. The van der Waals surface area contributed by atoms with Gasteiger partial charge in [0.25, 0.3) is 0 Å². The molecule has 0 radical (unpaired) electrons. The predicted octanol–water partition coefficient (Wildman–Crippen LogP) is 2.20. The quantitative estimate of drug-likeness (QED) is 0.740. The third-order valence-electron chi connectivity index (χ3n) is 2.98. The summed E-state index contributed by atoms with van der Waals surface area (Å²) < 4.78 is 5.66. The second-order valence-electron chi connectivity index (χ2n) is 4.41. The van der Waals surface area contributed by atoms with E-state index in [1.807, 2.05) is 6.07 Å². The van der Waals surface area contributed by atoms with Gasteiger partial charge in [0.15, 0.2) is 0 Å². The summed E-state index contributed by atoms with van der Waals surface area (Å²) in [4.78, 5) is 5.83. The van der Waals surface area contributed by atoms with Crippen molar-refractivity contribution in [2.75, 3.05) is 26.2 Å². The van der Waals surface area contributed by atoms with Crippen LogP contribution in [0.1, 0.15) is 12.0 Å². The molecule has 1 unspecified atom stereocenters. The van der Waals surface area contributed by atoms with Crippen molar-refractivity contribution >= 4 is 0 Å². The molecule has 0 bridgehead atoms. The van der Waals surface area contributed by atoms with Gasteiger partial charge in [-0.25, -0.2) is 6.57 Å². The lowest BCUT2D eigenvalue weighted by atomic mass is 10.2. The molecule has 0 N–H and O–H groups in total. The van der Waals surface area contributed by atoms with Crippen LogP contribution in [0.2, 0.25) is 0 Å². The highest BCUT2D eigenvalue weighted by Crippen LogP contribution is 2.11. The molecule has 1 fully saturated rings. The molecule has 90 valence electrons. The van der Waals surface area contributed by atoms with Crippen molar-refractivity contribution in [3.8, 4) is 0 Å². The summed E-state index contributed by atoms with van der Waals surface area (Å²) in [6, 6.07) is 10.5. The number of hydrogen-bond donors (Lipinski definition) is 0. The van der Waals surface area contributed by atoms with Gasteiger partial charge in [-0.1, -0.05) is 30.3 Å². The Morgan fingerprint density at radius 3 is 2.94 bits per heavy atom. The molecule has 0 amide bonds. The molecule has 17 heavy (non-hydrogen) atoms. The number of hydrogen-bond acceptors (Lipinski definition) is 2. The fourth-order valence-corrected chi connectivity index (χ4v) is 2.17. The highest BCUT2D eigenvalue weighted by molar-refractivity contribution is 5.14. The van der Waals surface area contributed by atoms with E-state index in [-0.39, 0.29) is 6.10 Å². The van der Waals surface area contributed by atoms with E-state index in [1.165, 1.54) is 5.56 Å². The van der Waals surface area contributed by atoms with Crippen LogP contribution in [0.3, 0.4) is 0 Å². The van der Waals surface area contributed by atoms with Crippen LogP contribution in [-0.4, -0.2) is 37.2 Å². The third-order valence-corrected chi connectivity index (χ3v) is 2.98. The fraction of sp³-hybridized carbons (Fsp3) is 0.500. The molecule has 1 aromatic rings. The maximum Gasteiger partial charge on any atom is 0.241 e. The van der Waals surface area contributed by atoms with E-state index < -0.39 is 0 Å². The zero-order chi connectivity index (χ0) is 11.9. The Bertz CT molecular complexity index is 372. The third kappa shape index (κ3) is 3.85. The van der Waals surface area contributed by atoms with Gasteiger partial charge in [-0.15, -0.1) is 0 Å². The Morgan fingerprint density at radius 1 is 1.35 bits per heavy atom. The standard InChI is InChI=1S/C14H18N2O/c1-15-10-14-12-16(8-5-9-17-14)11-13-6-3-2-4-7-13/h2-4,6-7,14H,5,8-12H2. The monoisotopic (exact) mass is 230 g/mol. The van der Waals surface area contributed by atoms with Crippen LogP contribution in [0.25, 0.3) is 4.85 Å². The van der Waals surface area contributed by atoms with Crippen molar-refractivity contribution < 1.29 is 4.74 Å². The lowest BCUT2D eigenvalue weighted by Crippen LogP contribution is -2.32. The Labute approximate surface area is 103 Å². The highest BCUT2D eigenvalue weighted by Gasteiger charge is 2.20. The lowest BCUT2D eigenvalue weighted by molar-refractivity contribution is 0.0647. The van der Waals surface area contributed by atoms with Crippen LogP contribution in [0.5, 0.6) is 0 Å². The summed E-state index contributed by atoms with van der Waals surface area (Å²) in [5.74, 6) is 0. The van der Waals surface area contributed by atoms with Crippen molar-refractivity contribution in [2.45, 2.75) is 19.1 Å². The summed E-state index contributed by atoms with van der Waals surface area (Å²) in [7, 11) is 0. The normalized spacial score (nSPS) is 21.7. The van der Waals surface area contributed by atoms with Gasteiger partial charge in [0.1, 0.15) is 6.10 Å². The molecular weight excluding hydrogens is 212 g/mol.